The number of nitrogens with zero attached hydrogens (tertiary/aromatic N) is 2. The quantitative estimate of drug-likeness (QED) is 0.699. The highest BCUT2D eigenvalue weighted by atomic mass is 19.4. The van der Waals surface area contributed by atoms with Crippen molar-refractivity contribution in [1.29, 1.82) is 0 Å². The Labute approximate surface area is 149 Å². The summed E-state index contributed by atoms with van der Waals surface area (Å²) in [7, 11) is 1.48. The number of methoxy groups -OCH3 is 1. The Bertz CT molecular complexity index is 939. The molecular weight excluding hydrogens is 343 g/mol. The van der Waals surface area contributed by atoms with Gasteiger partial charge in [-0.05, 0) is 37.6 Å². The number of benzene rings is 2. The second-order valence-electron chi connectivity index (χ2n) is 6.18. The summed E-state index contributed by atoms with van der Waals surface area (Å²) in [6, 6.07) is 8.78. The summed E-state index contributed by atoms with van der Waals surface area (Å²) in [5.74, 6) is 0.937. The minimum Gasteiger partial charge on any atom is -0.496 e. The van der Waals surface area contributed by atoms with E-state index in [0.29, 0.717) is 33.7 Å². The molecule has 1 heterocycles. The zero-order chi connectivity index (χ0) is 18.9. The molecule has 4 nitrogen and oxygen atoms in total. The number of aromatic nitrogens is 2. The molecule has 0 aliphatic heterocycles. The van der Waals surface area contributed by atoms with E-state index in [4.69, 9.17) is 4.74 Å². The normalized spacial score (nSPS) is 11.8. The van der Waals surface area contributed by atoms with Crippen molar-refractivity contribution >= 4 is 16.9 Å². The predicted molar refractivity (Wildman–Crippen MR) is 95.3 cm³/mol. The first-order valence-electron chi connectivity index (χ1n) is 8.07. The van der Waals surface area contributed by atoms with Crippen LogP contribution < -0.4 is 10.1 Å². The van der Waals surface area contributed by atoms with Crippen LogP contribution in [-0.2, 0) is 6.18 Å². The first-order valence-corrected chi connectivity index (χ1v) is 8.07. The molecule has 0 aliphatic carbocycles. The predicted octanol–water partition coefficient (Wildman–Crippen LogP) is 5.14. The number of anilines is 1. The summed E-state index contributed by atoms with van der Waals surface area (Å²) in [6.07, 6.45) is -2.76. The van der Waals surface area contributed by atoms with E-state index < -0.39 is 11.7 Å². The number of nitrogens with one attached hydrogen (secondary N) is 1. The molecule has 0 aliphatic rings. The van der Waals surface area contributed by atoms with E-state index in [2.05, 4.69) is 15.3 Å². The van der Waals surface area contributed by atoms with E-state index in [-0.39, 0.29) is 6.04 Å². The van der Waals surface area contributed by atoms with E-state index in [1.165, 1.54) is 13.2 Å². The van der Waals surface area contributed by atoms with Gasteiger partial charge in [0.05, 0.1) is 18.2 Å². The molecule has 26 heavy (non-hydrogen) atoms. The van der Waals surface area contributed by atoms with Gasteiger partial charge in [0.2, 0.25) is 5.95 Å². The number of ether oxygens (including phenoxy) is 1. The maximum Gasteiger partial charge on any atom is 0.416 e. The fraction of sp³-hybridized carbons (Fsp3) is 0.263. The van der Waals surface area contributed by atoms with Crippen LogP contribution >= 0.6 is 0 Å². The summed E-state index contributed by atoms with van der Waals surface area (Å²) in [5, 5.41) is 3.83. The highest BCUT2D eigenvalue weighted by molar-refractivity contribution is 5.88. The summed E-state index contributed by atoms with van der Waals surface area (Å²) >= 11 is 0. The lowest BCUT2D eigenvalue weighted by Gasteiger charge is -2.14. The van der Waals surface area contributed by atoms with Crippen molar-refractivity contribution in [2.75, 3.05) is 12.4 Å². The average Bonchev–Trinajstić information content (AvgIpc) is 2.59. The first kappa shape index (κ1) is 18.0. The number of rotatable bonds is 4. The monoisotopic (exact) mass is 361 g/mol. The van der Waals surface area contributed by atoms with Gasteiger partial charge in [-0.15, -0.1) is 0 Å². The van der Waals surface area contributed by atoms with Gasteiger partial charge in [0, 0.05) is 29.3 Å². The highest BCUT2D eigenvalue weighted by Gasteiger charge is 2.30. The van der Waals surface area contributed by atoms with Crippen LogP contribution in [0.1, 0.15) is 19.4 Å². The number of fused-ring (bicyclic) bond motifs is 1. The van der Waals surface area contributed by atoms with Crippen LogP contribution in [-0.4, -0.2) is 23.1 Å². The smallest absolute Gasteiger partial charge is 0.416 e. The van der Waals surface area contributed by atoms with Gasteiger partial charge in [-0.1, -0.05) is 12.1 Å². The second-order valence-corrected chi connectivity index (χ2v) is 6.18. The van der Waals surface area contributed by atoms with E-state index in [9.17, 15) is 13.2 Å². The molecule has 0 amide bonds. The average molecular weight is 361 g/mol. The Morgan fingerprint density at radius 1 is 1.12 bits per heavy atom. The zero-order valence-corrected chi connectivity index (χ0v) is 14.6. The van der Waals surface area contributed by atoms with Gasteiger partial charge in [0.25, 0.3) is 0 Å². The third-order valence-electron chi connectivity index (χ3n) is 3.82. The molecule has 1 aromatic heterocycles. The SMILES string of the molecule is COc1cc2nc(NC(C)C)ncc2cc1-c1cccc(C(F)(F)F)c1. The van der Waals surface area contributed by atoms with Crippen molar-refractivity contribution in [1.82, 2.24) is 9.97 Å². The Kier molecular flexibility index (Phi) is 4.71. The van der Waals surface area contributed by atoms with Crippen molar-refractivity contribution in [3.05, 3.63) is 48.2 Å². The van der Waals surface area contributed by atoms with Gasteiger partial charge in [0.1, 0.15) is 5.75 Å². The number of hydrogen-bond acceptors (Lipinski definition) is 4. The molecule has 0 saturated carbocycles. The van der Waals surface area contributed by atoms with Crippen molar-refractivity contribution in [2.45, 2.75) is 26.1 Å². The Balaban J connectivity index is 2.12. The van der Waals surface area contributed by atoms with E-state index >= 15 is 0 Å². The Morgan fingerprint density at radius 2 is 1.88 bits per heavy atom. The maximum atomic E-state index is 13.0. The van der Waals surface area contributed by atoms with Crippen LogP contribution in [0.4, 0.5) is 19.1 Å². The first-order chi connectivity index (χ1) is 12.3. The minimum absolute atomic E-state index is 0.179. The third-order valence-corrected chi connectivity index (χ3v) is 3.82. The molecule has 0 unspecified atom stereocenters. The van der Waals surface area contributed by atoms with Crippen molar-refractivity contribution in [3.8, 4) is 16.9 Å². The molecule has 1 N–H and O–H groups in total. The fourth-order valence-corrected chi connectivity index (χ4v) is 2.64. The van der Waals surface area contributed by atoms with Gasteiger partial charge in [-0.2, -0.15) is 13.2 Å². The number of alkyl halides is 3. The summed E-state index contributed by atoms with van der Waals surface area (Å²) < 4.78 is 44.4. The van der Waals surface area contributed by atoms with Crippen molar-refractivity contribution < 1.29 is 17.9 Å². The zero-order valence-electron chi connectivity index (χ0n) is 14.6. The van der Waals surface area contributed by atoms with Gasteiger partial charge in [-0.3, -0.25) is 0 Å². The molecular formula is C19H18F3N3O. The molecule has 7 heteroatoms. The van der Waals surface area contributed by atoms with Crippen LogP contribution in [0.2, 0.25) is 0 Å². The van der Waals surface area contributed by atoms with Crippen LogP contribution in [0.5, 0.6) is 5.75 Å². The standard InChI is InChI=1S/C19H18F3N3O/c1-11(2)24-18-23-10-13-8-15(17(26-3)9-16(13)25-18)12-5-4-6-14(7-12)19(20,21)22/h4-11H,1-3H3,(H,23,24,25). The molecule has 0 spiro atoms. The van der Waals surface area contributed by atoms with E-state index in [1.54, 1.807) is 24.4 Å². The molecule has 2 aromatic carbocycles. The molecule has 0 saturated heterocycles. The summed E-state index contributed by atoms with van der Waals surface area (Å²) in [6.45, 7) is 3.95. The Morgan fingerprint density at radius 3 is 2.54 bits per heavy atom. The molecule has 0 radical (unpaired) electrons. The highest BCUT2D eigenvalue weighted by Crippen LogP contribution is 2.37. The van der Waals surface area contributed by atoms with Crippen LogP contribution in [0.15, 0.2) is 42.6 Å². The van der Waals surface area contributed by atoms with Crippen LogP contribution in [0.25, 0.3) is 22.0 Å². The molecule has 136 valence electrons. The Hall–Kier alpha value is -2.83. The van der Waals surface area contributed by atoms with Crippen LogP contribution in [0.3, 0.4) is 0 Å². The molecule has 0 fully saturated rings. The molecule has 0 atom stereocenters. The van der Waals surface area contributed by atoms with Gasteiger partial charge in [0.15, 0.2) is 0 Å². The lowest BCUT2D eigenvalue weighted by molar-refractivity contribution is -0.137. The topological polar surface area (TPSA) is 47.0 Å². The van der Waals surface area contributed by atoms with Crippen molar-refractivity contribution in [3.63, 3.8) is 0 Å². The number of halogens is 3. The minimum atomic E-state index is -4.40. The fourth-order valence-electron chi connectivity index (χ4n) is 2.64. The summed E-state index contributed by atoms with van der Waals surface area (Å²) in [5.41, 5.74) is 0.919. The maximum absolute atomic E-state index is 13.0. The van der Waals surface area contributed by atoms with Crippen molar-refractivity contribution in [2.24, 2.45) is 0 Å². The number of hydrogen-bond donors (Lipinski definition) is 1. The molecule has 0 bridgehead atoms. The van der Waals surface area contributed by atoms with E-state index in [0.717, 1.165) is 12.1 Å². The van der Waals surface area contributed by atoms with Gasteiger partial charge < -0.3 is 10.1 Å². The molecule has 3 aromatic rings. The summed E-state index contributed by atoms with van der Waals surface area (Å²) in [4.78, 5) is 8.68. The van der Waals surface area contributed by atoms with Crippen LogP contribution in [0, 0.1) is 0 Å². The molecule has 3 rings (SSSR count). The third kappa shape index (κ3) is 3.71. The van der Waals surface area contributed by atoms with E-state index in [1.807, 2.05) is 13.8 Å². The lowest BCUT2D eigenvalue weighted by atomic mass is 10.0. The lowest BCUT2D eigenvalue weighted by Crippen LogP contribution is -2.12. The van der Waals surface area contributed by atoms with Gasteiger partial charge >= 0.3 is 6.18 Å². The largest absolute Gasteiger partial charge is 0.496 e. The second kappa shape index (κ2) is 6.82. The van der Waals surface area contributed by atoms with Gasteiger partial charge in [-0.25, -0.2) is 9.97 Å².